The van der Waals surface area contributed by atoms with Crippen LogP contribution in [0.3, 0.4) is 0 Å². The number of carbonyl (C=O) groups is 1. The Morgan fingerprint density at radius 3 is 2.62 bits per heavy atom. The Kier molecular flexibility index (Phi) is 4.64. The van der Waals surface area contributed by atoms with Gasteiger partial charge in [-0.3, -0.25) is 4.79 Å². The third kappa shape index (κ3) is 4.55. The summed E-state index contributed by atoms with van der Waals surface area (Å²) in [5.41, 5.74) is 0. The standard InChI is InChI=1S/C10H19NOS/c1-8(2)11-10(12)7-9-3-5-13-6-4-9/h8-9H,3-7H2,1-2H3,(H,11,12). The molecule has 1 aliphatic heterocycles. The lowest BCUT2D eigenvalue weighted by Gasteiger charge is -2.21. The normalized spacial score (nSPS) is 19.0. The lowest BCUT2D eigenvalue weighted by Crippen LogP contribution is -2.32. The SMILES string of the molecule is CC(C)NC(=O)CC1CCSCC1. The molecule has 1 heterocycles. The van der Waals surface area contributed by atoms with Gasteiger partial charge in [-0.25, -0.2) is 0 Å². The lowest BCUT2D eigenvalue weighted by molar-refractivity contribution is -0.122. The fraction of sp³-hybridized carbons (Fsp3) is 0.900. The van der Waals surface area contributed by atoms with Crippen LogP contribution in [0.1, 0.15) is 33.1 Å². The van der Waals surface area contributed by atoms with Crippen molar-refractivity contribution in [3.63, 3.8) is 0 Å². The van der Waals surface area contributed by atoms with E-state index in [2.05, 4.69) is 5.32 Å². The van der Waals surface area contributed by atoms with Crippen LogP contribution >= 0.6 is 11.8 Å². The number of hydrogen-bond donors (Lipinski definition) is 1. The summed E-state index contributed by atoms with van der Waals surface area (Å²) in [5.74, 6) is 3.34. The van der Waals surface area contributed by atoms with Gasteiger partial charge in [0.1, 0.15) is 0 Å². The summed E-state index contributed by atoms with van der Waals surface area (Å²) in [4.78, 5) is 11.4. The zero-order valence-corrected chi connectivity index (χ0v) is 9.32. The molecule has 0 aromatic heterocycles. The molecule has 1 saturated heterocycles. The Balaban J connectivity index is 2.18. The van der Waals surface area contributed by atoms with Crippen molar-refractivity contribution >= 4 is 17.7 Å². The van der Waals surface area contributed by atoms with Crippen molar-refractivity contribution in [3.05, 3.63) is 0 Å². The van der Waals surface area contributed by atoms with Crippen molar-refractivity contribution in [2.24, 2.45) is 5.92 Å². The monoisotopic (exact) mass is 201 g/mol. The van der Waals surface area contributed by atoms with Crippen LogP contribution in [0.5, 0.6) is 0 Å². The zero-order chi connectivity index (χ0) is 9.68. The van der Waals surface area contributed by atoms with Crippen LogP contribution in [0.15, 0.2) is 0 Å². The van der Waals surface area contributed by atoms with Gasteiger partial charge in [0.05, 0.1) is 0 Å². The van der Waals surface area contributed by atoms with Crippen LogP contribution in [-0.2, 0) is 4.79 Å². The first-order valence-corrected chi connectivity index (χ1v) is 6.21. The molecule has 3 heteroatoms. The molecule has 0 saturated carbocycles. The minimum Gasteiger partial charge on any atom is -0.354 e. The lowest BCUT2D eigenvalue weighted by atomic mass is 9.98. The molecule has 1 fully saturated rings. The van der Waals surface area contributed by atoms with Crippen LogP contribution in [0.25, 0.3) is 0 Å². The highest BCUT2D eigenvalue weighted by Crippen LogP contribution is 2.24. The predicted molar refractivity (Wildman–Crippen MR) is 57.9 cm³/mol. The second-order valence-electron chi connectivity index (χ2n) is 3.98. The fourth-order valence-corrected chi connectivity index (χ4v) is 2.80. The van der Waals surface area contributed by atoms with E-state index in [1.165, 1.54) is 24.3 Å². The van der Waals surface area contributed by atoms with E-state index in [4.69, 9.17) is 0 Å². The first-order chi connectivity index (χ1) is 6.18. The van der Waals surface area contributed by atoms with Gasteiger partial charge in [0.2, 0.25) is 5.91 Å². The number of hydrogen-bond acceptors (Lipinski definition) is 2. The number of carbonyl (C=O) groups excluding carboxylic acids is 1. The number of thioether (sulfide) groups is 1. The zero-order valence-electron chi connectivity index (χ0n) is 8.51. The molecule has 1 amide bonds. The minimum atomic E-state index is 0.229. The minimum absolute atomic E-state index is 0.229. The number of nitrogens with one attached hydrogen (secondary N) is 1. The van der Waals surface area contributed by atoms with E-state index in [-0.39, 0.29) is 11.9 Å². The molecule has 1 aliphatic rings. The molecule has 0 bridgehead atoms. The van der Waals surface area contributed by atoms with Crippen LogP contribution < -0.4 is 5.32 Å². The van der Waals surface area contributed by atoms with Crippen molar-refractivity contribution in [3.8, 4) is 0 Å². The van der Waals surface area contributed by atoms with Crippen molar-refractivity contribution in [2.45, 2.75) is 39.2 Å². The van der Waals surface area contributed by atoms with E-state index in [0.29, 0.717) is 5.92 Å². The van der Waals surface area contributed by atoms with Crippen molar-refractivity contribution in [1.29, 1.82) is 0 Å². The molecule has 0 spiro atoms. The van der Waals surface area contributed by atoms with E-state index >= 15 is 0 Å². The number of amides is 1. The Labute approximate surface area is 84.9 Å². The fourth-order valence-electron chi connectivity index (χ4n) is 1.59. The summed E-state index contributed by atoms with van der Waals surface area (Å²) in [6.45, 7) is 4.02. The number of rotatable bonds is 3. The van der Waals surface area contributed by atoms with Crippen LogP contribution in [0.2, 0.25) is 0 Å². The molecule has 2 nitrogen and oxygen atoms in total. The molecule has 0 aromatic rings. The summed E-state index contributed by atoms with van der Waals surface area (Å²) in [7, 11) is 0. The largest absolute Gasteiger partial charge is 0.354 e. The molecule has 0 radical (unpaired) electrons. The molecule has 0 atom stereocenters. The Morgan fingerprint density at radius 1 is 1.46 bits per heavy atom. The molecule has 0 unspecified atom stereocenters. The molecule has 13 heavy (non-hydrogen) atoms. The molecule has 1 rings (SSSR count). The van der Waals surface area contributed by atoms with Crippen LogP contribution in [0, 0.1) is 5.92 Å². The van der Waals surface area contributed by atoms with Gasteiger partial charge in [-0.2, -0.15) is 11.8 Å². The third-order valence-electron chi connectivity index (χ3n) is 2.26. The Bertz CT molecular complexity index is 164. The maximum absolute atomic E-state index is 11.4. The van der Waals surface area contributed by atoms with Gasteiger partial charge in [0.25, 0.3) is 0 Å². The third-order valence-corrected chi connectivity index (χ3v) is 3.31. The van der Waals surface area contributed by atoms with Gasteiger partial charge in [-0.05, 0) is 44.1 Å². The summed E-state index contributed by atoms with van der Waals surface area (Å²) in [6.07, 6.45) is 3.17. The van der Waals surface area contributed by atoms with Gasteiger partial charge in [0, 0.05) is 12.5 Å². The van der Waals surface area contributed by atoms with E-state index in [1.54, 1.807) is 0 Å². The summed E-state index contributed by atoms with van der Waals surface area (Å²) < 4.78 is 0. The second kappa shape index (κ2) is 5.53. The van der Waals surface area contributed by atoms with Crippen molar-refractivity contribution in [1.82, 2.24) is 5.32 Å². The maximum atomic E-state index is 11.4. The van der Waals surface area contributed by atoms with E-state index in [9.17, 15) is 4.79 Å². The van der Waals surface area contributed by atoms with Gasteiger partial charge in [-0.15, -0.1) is 0 Å². The van der Waals surface area contributed by atoms with Gasteiger partial charge in [0.15, 0.2) is 0 Å². The van der Waals surface area contributed by atoms with Crippen LogP contribution in [0.4, 0.5) is 0 Å². The van der Waals surface area contributed by atoms with E-state index < -0.39 is 0 Å². The molecule has 0 aliphatic carbocycles. The van der Waals surface area contributed by atoms with Crippen molar-refractivity contribution < 1.29 is 4.79 Å². The van der Waals surface area contributed by atoms with E-state index in [0.717, 1.165) is 6.42 Å². The first-order valence-electron chi connectivity index (χ1n) is 5.05. The predicted octanol–water partition coefficient (Wildman–Crippen LogP) is 2.04. The Morgan fingerprint density at radius 2 is 2.08 bits per heavy atom. The summed E-state index contributed by atoms with van der Waals surface area (Å²) in [6, 6.07) is 0.283. The summed E-state index contributed by atoms with van der Waals surface area (Å²) >= 11 is 2.01. The molecule has 76 valence electrons. The van der Waals surface area contributed by atoms with E-state index in [1.807, 2.05) is 25.6 Å². The van der Waals surface area contributed by atoms with Crippen molar-refractivity contribution in [2.75, 3.05) is 11.5 Å². The molecular formula is C10H19NOS. The highest BCUT2D eigenvalue weighted by atomic mass is 32.2. The average molecular weight is 201 g/mol. The summed E-state index contributed by atoms with van der Waals surface area (Å²) in [5, 5.41) is 2.94. The Hall–Kier alpha value is -0.180. The molecule has 0 aromatic carbocycles. The maximum Gasteiger partial charge on any atom is 0.220 e. The topological polar surface area (TPSA) is 29.1 Å². The quantitative estimate of drug-likeness (QED) is 0.757. The molecular weight excluding hydrogens is 182 g/mol. The highest BCUT2D eigenvalue weighted by Gasteiger charge is 2.17. The first kappa shape index (κ1) is 10.9. The van der Waals surface area contributed by atoms with Gasteiger partial charge in [-0.1, -0.05) is 0 Å². The smallest absolute Gasteiger partial charge is 0.220 e. The van der Waals surface area contributed by atoms with Gasteiger partial charge < -0.3 is 5.32 Å². The molecule has 1 N–H and O–H groups in total. The highest BCUT2D eigenvalue weighted by molar-refractivity contribution is 7.99. The van der Waals surface area contributed by atoms with Crippen LogP contribution in [-0.4, -0.2) is 23.5 Å². The van der Waals surface area contributed by atoms with Gasteiger partial charge >= 0.3 is 0 Å². The average Bonchev–Trinajstić information content (AvgIpc) is 2.04. The second-order valence-corrected chi connectivity index (χ2v) is 5.21.